The fourth-order valence-electron chi connectivity index (χ4n) is 1.67. The Morgan fingerprint density at radius 3 is 2.75 bits per heavy atom. The van der Waals surface area contributed by atoms with Crippen LogP contribution in [0.25, 0.3) is 0 Å². The first kappa shape index (κ1) is 14.1. The van der Waals surface area contributed by atoms with Crippen molar-refractivity contribution in [2.45, 2.75) is 12.8 Å². The van der Waals surface area contributed by atoms with Crippen LogP contribution in [0, 0.1) is 11.3 Å². The van der Waals surface area contributed by atoms with Gasteiger partial charge in [0.05, 0.1) is 0 Å². The average Bonchev–Trinajstić information content (AvgIpc) is 2.98. The molecule has 0 radical (unpaired) electrons. The van der Waals surface area contributed by atoms with Gasteiger partial charge >= 0.3 is 0 Å². The van der Waals surface area contributed by atoms with Gasteiger partial charge in [0.15, 0.2) is 6.61 Å². The third kappa shape index (κ3) is 4.41. The summed E-state index contributed by atoms with van der Waals surface area (Å²) in [6.45, 7) is 0.0202. The number of nitrogens with one attached hydrogen (secondary N) is 1. The van der Waals surface area contributed by atoms with Crippen molar-refractivity contribution in [3.05, 3.63) is 46.7 Å². The van der Waals surface area contributed by atoms with E-state index in [1.165, 1.54) is 5.56 Å². The molecule has 1 N–H and O–H groups in total. The first-order valence-electron chi connectivity index (χ1n) is 6.18. The normalized spacial score (nSPS) is 9.75. The monoisotopic (exact) mass is 286 g/mol. The minimum atomic E-state index is -0.0121. The van der Waals surface area contributed by atoms with Gasteiger partial charge in [-0.3, -0.25) is 4.79 Å². The van der Waals surface area contributed by atoms with Gasteiger partial charge in [0.2, 0.25) is 5.91 Å². The van der Waals surface area contributed by atoms with Gasteiger partial charge < -0.3 is 10.1 Å². The molecule has 1 amide bonds. The highest BCUT2D eigenvalue weighted by Crippen LogP contribution is 2.16. The molecule has 4 nitrogen and oxygen atoms in total. The number of ether oxygens (including phenoxy) is 1. The highest BCUT2D eigenvalue weighted by molar-refractivity contribution is 7.07. The Hall–Kier alpha value is -2.32. The SMILES string of the molecule is N#CCOc1ccc(NC(=O)CCc2ccsc2)cc1. The summed E-state index contributed by atoms with van der Waals surface area (Å²) in [6, 6.07) is 10.9. The van der Waals surface area contributed by atoms with Crippen LogP contribution in [0.3, 0.4) is 0 Å². The Morgan fingerprint density at radius 1 is 1.30 bits per heavy atom. The van der Waals surface area contributed by atoms with Crippen LogP contribution in [-0.2, 0) is 11.2 Å². The van der Waals surface area contributed by atoms with Crippen molar-refractivity contribution in [2.75, 3.05) is 11.9 Å². The number of hydrogen-bond donors (Lipinski definition) is 1. The molecule has 0 aliphatic carbocycles. The van der Waals surface area contributed by atoms with Crippen molar-refractivity contribution in [3.63, 3.8) is 0 Å². The van der Waals surface area contributed by atoms with Gasteiger partial charge in [0.1, 0.15) is 11.8 Å². The molecule has 0 aliphatic heterocycles. The summed E-state index contributed by atoms with van der Waals surface area (Å²) in [4.78, 5) is 11.8. The summed E-state index contributed by atoms with van der Waals surface area (Å²) in [5.74, 6) is 0.602. The van der Waals surface area contributed by atoms with Crippen LogP contribution >= 0.6 is 11.3 Å². The minimum Gasteiger partial charge on any atom is -0.479 e. The highest BCUT2D eigenvalue weighted by Gasteiger charge is 2.04. The Bertz CT molecular complexity index is 585. The van der Waals surface area contributed by atoms with Crippen molar-refractivity contribution in [2.24, 2.45) is 0 Å². The number of rotatable bonds is 6. The topological polar surface area (TPSA) is 62.1 Å². The lowest BCUT2D eigenvalue weighted by molar-refractivity contribution is -0.116. The van der Waals surface area contributed by atoms with Crippen molar-refractivity contribution >= 4 is 22.9 Å². The second kappa shape index (κ2) is 7.31. The van der Waals surface area contributed by atoms with E-state index in [1.54, 1.807) is 35.6 Å². The standard InChI is InChI=1S/C15H14N2O2S/c16-8-9-19-14-4-2-13(3-5-14)17-15(18)6-1-12-7-10-20-11-12/h2-5,7,10-11H,1,6,9H2,(H,17,18). The molecule has 102 valence electrons. The zero-order chi connectivity index (χ0) is 14.2. The Kier molecular flexibility index (Phi) is 5.15. The van der Waals surface area contributed by atoms with E-state index in [-0.39, 0.29) is 12.5 Å². The Balaban J connectivity index is 1.80. The average molecular weight is 286 g/mol. The molecule has 5 heteroatoms. The lowest BCUT2D eigenvalue weighted by Gasteiger charge is -2.06. The molecule has 1 aromatic carbocycles. The maximum Gasteiger partial charge on any atom is 0.224 e. The van der Waals surface area contributed by atoms with Crippen molar-refractivity contribution in [1.82, 2.24) is 0 Å². The van der Waals surface area contributed by atoms with Gasteiger partial charge in [-0.25, -0.2) is 0 Å². The van der Waals surface area contributed by atoms with E-state index in [0.717, 1.165) is 12.1 Å². The molecule has 0 spiro atoms. The van der Waals surface area contributed by atoms with E-state index in [2.05, 4.69) is 10.7 Å². The van der Waals surface area contributed by atoms with E-state index in [1.807, 2.05) is 17.5 Å². The second-order valence-electron chi connectivity index (χ2n) is 4.15. The lowest BCUT2D eigenvalue weighted by Crippen LogP contribution is -2.12. The molecule has 0 saturated heterocycles. The number of hydrogen-bond acceptors (Lipinski definition) is 4. The summed E-state index contributed by atoms with van der Waals surface area (Å²) in [6.07, 6.45) is 1.21. The highest BCUT2D eigenvalue weighted by atomic mass is 32.1. The van der Waals surface area contributed by atoms with Crippen LogP contribution < -0.4 is 10.1 Å². The van der Waals surface area contributed by atoms with Gasteiger partial charge in [0.25, 0.3) is 0 Å². The Morgan fingerprint density at radius 2 is 2.10 bits per heavy atom. The third-order valence-corrected chi connectivity index (χ3v) is 3.39. The van der Waals surface area contributed by atoms with E-state index in [4.69, 9.17) is 10.00 Å². The van der Waals surface area contributed by atoms with Crippen LogP contribution in [0.1, 0.15) is 12.0 Å². The van der Waals surface area contributed by atoms with Crippen molar-refractivity contribution < 1.29 is 9.53 Å². The molecule has 0 aliphatic rings. The van der Waals surface area contributed by atoms with E-state index in [0.29, 0.717) is 12.2 Å². The Labute approximate surface area is 121 Å². The molecular weight excluding hydrogens is 272 g/mol. The lowest BCUT2D eigenvalue weighted by atomic mass is 10.2. The van der Waals surface area contributed by atoms with Gasteiger partial charge in [-0.2, -0.15) is 16.6 Å². The number of anilines is 1. The molecule has 20 heavy (non-hydrogen) atoms. The number of nitriles is 1. The van der Waals surface area contributed by atoms with Crippen LogP contribution in [0.15, 0.2) is 41.1 Å². The minimum absolute atomic E-state index is 0.0121. The molecule has 0 fully saturated rings. The molecule has 0 bridgehead atoms. The number of benzene rings is 1. The number of thiophene rings is 1. The fraction of sp³-hybridized carbons (Fsp3) is 0.200. The first-order valence-corrected chi connectivity index (χ1v) is 7.13. The van der Waals surface area contributed by atoms with E-state index >= 15 is 0 Å². The molecule has 0 atom stereocenters. The number of carbonyl (C=O) groups excluding carboxylic acids is 1. The molecular formula is C15H14N2O2S. The third-order valence-electron chi connectivity index (χ3n) is 2.66. The fourth-order valence-corrected chi connectivity index (χ4v) is 2.37. The van der Waals surface area contributed by atoms with Gasteiger partial charge in [0, 0.05) is 12.1 Å². The largest absolute Gasteiger partial charge is 0.479 e. The molecule has 1 aromatic heterocycles. The van der Waals surface area contributed by atoms with Crippen molar-refractivity contribution in [1.29, 1.82) is 5.26 Å². The van der Waals surface area contributed by atoms with Gasteiger partial charge in [-0.1, -0.05) is 0 Å². The van der Waals surface area contributed by atoms with Gasteiger partial charge in [-0.15, -0.1) is 0 Å². The van der Waals surface area contributed by atoms with Crippen LogP contribution in [0.2, 0.25) is 0 Å². The number of amides is 1. The molecule has 2 aromatic rings. The molecule has 0 unspecified atom stereocenters. The molecule has 0 saturated carbocycles. The van der Waals surface area contributed by atoms with Crippen molar-refractivity contribution in [3.8, 4) is 11.8 Å². The maximum absolute atomic E-state index is 11.8. The van der Waals surface area contributed by atoms with Crippen LogP contribution in [0.5, 0.6) is 5.75 Å². The number of carbonyl (C=O) groups is 1. The van der Waals surface area contributed by atoms with E-state index in [9.17, 15) is 4.79 Å². The van der Waals surface area contributed by atoms with Gasteiger partial charge in [-0.05, 0) is 53.1 Å². The summed E-state index contributed by atoms with van der Waals surface area (Å²) in [5, 5.41) is 15.3. The molecule has 1 heterocycles. The zero-order valence-electron chi connectivity index (χ0n) is 10.8. The predicted molar refractivity (Wildman–Crippen MR) is 78.8 cm³/mol. The quantitative estimate of drug-likeness (QED) is 0.886. The number of aryl methyl sites for hydroxylation is 1. The smallest absolute Gasteiger partial charge is 0.224 e. The van der Waals surface area contributed by atoms with Crippen LogP contribution in [0.4, 0.5) is 5.69 Å². The molecule has 2 rings (SSSR count). The maximum atomic E-state index is 11.8. The first-order chi connectivity index (χ1) is 9.78. The predicted octanol–water partition coefficient (Wildman–Crippen LogP) is 3.22. The zero-order valence-corrected chi connectivity index (χ0v) is 11.7. The number of nitrogens with zero attached hydrogens (tertiary/aromatic N) is 1. The summed E-state index contributed by atoms with van der Waals surface area (Å²) >= 11 is 1.63. The van der Waals surface area contributed by atoms with E-state index < -0.39 is 0 Å². The summed E-state index contributed by atoms with van der Waals surface area (Å²) < 4.78 is 5.14. The van der Waals surface area contributed by atoms with Crippen LogP contribution in [-0.4, -0.2) is 12.5 Å². The second-order valence-corrected chi connectivity index (χ2v) is 4.93. The summed E-state index contributed by atoms with van der Waals surface area (Å²) in [5.41, 5.74) is 1.91. The summed E-state index contributed by atoms with van der Waals surface area (Å²) in [7, 11) is 0.